The van der Waals surface area contributed by atoms with Crippen LogP contribution in [0.5, 0.6) is 11.5 Å². The molecule has 0 saturated heterocycles. The topological polar surface area (TPSA) is 44.5 Å². The maximum Gasteiger partial charge on any atom is 0.122 e. The lowest BCUT2D eigenvalue weighted by molar-refractivity contribution is 0.393. The van der Waals surface area contributed by atoms with Crippen molar-refractivity contribution in [1.82, 2.24) is 0 Å². The molecule has 0 aliphatic heterocycles. The van der Waals surface area contributed by atoms with Gasteiger partial charge in [-0.15, -0.1) is 12.4 Å². The summed E-state index contributed by atoms with van der Waals surface area (Å²) in [5.41, 5.74) is 6.85. The first-order valence-corrected chi connectivity index (χ1v) is 4.93. The highest BCUT2D eigenvalue weighted by molar-refractivity contribution is 5.85. The van der Waals surface area contributed by atoms with Gasteiger partial charge in [0.2, 0.25) is 0 Å². The number of ether oxygens (including phenoxy) is 2. The van der Waals surface area contributed by atoms with Gasteiger partial charge in [-0.1, -0.05) is 0 Å². The SMILES string of the molecule is COc1cc(C/C(=C/F)CN)cc(OC)c1.Cl. The molecule has 0 aliphatic carbocycles. The van der Waals surface area contributed by atoms with E-state index < -0.39 is 0 Å². The van der Waals surface area contributed by atoms with E-state index in [9.17, 15) is 4.39 Å². The second-order valence-corrected chi connectivity index (χ2v) is 3.37. The highest BCUT2D eigenvalue weighted by atomic mass is 35.5. The lowest BCUT2D eigenvalue weighted by atomic mass is 10.1. The summed E-state index contributed by atoms with van der Waals surface area (Å²) < 4.78 is 22.6. The fraction of sp³-hybridized carbons (Fsp3) is 0.333. The van der Waals surface area contributed by atoms with Gasteiger partial charge >= 0.3 is 0 Å². The number of methoxy groups -OCH3 is 2. The molecule has 0 fully saturated rings. The van der Waals surface area contributed by atoms with Crippen LogP contribution in [0.3, 0.4) is 0 Å². The molecule has 96 valence electrons. The van der Waals surface area contributed by atoms with Gasteiger partial charge < -0.3 is 15.2 Å². The van der Waals surface area contributed by atoms with E-state index in [0.29, 0.717) is 29.8 Å². The Bertz CT molecular complexity index is 361. The van der Waals surface area contributed by atoms with Gasteiger partial charge in [-0.25, -0.2) is 4.39 Å². The van der Waals surface area contributed by atoms with E-state index in [2.05, 4.69) is 0 Å². The molecular formula is C12H17ClFNO2. The Morgan fingerprint density at radius 1 is 1.24 bits per heavy atom. The largest absolute Gasteiger partial charge is 0.497 e. The van der Waals surface area contributed by atoms with Crippen LogP contribution in [0.15, 0.2) is 30.1 Å². The van der Waals surface area contributed by atoms with E-state index in [4.69, 9.17) is 15.2 Å². The summed E-state index contributed by atoms with van der Waals surface area (Å²) in [4.78, 5) is 0. The molecule has 0 bridgehead atoms. The number of hydrogen-bond donors (Lipinski definition) is 1. The Kier molecular flexibility index (Phi) is 7.34. The molecule has 0 heterocycles. The molecule has 1 aromatic carbocycles. The van der Waals surface area contributed by atoms with Crippen molar-refractivity contribution in [2.75, 3.05) is 20.8 Å². The second-order valence-electron chi connectivity index (χ2n) is 3.37. The first kappa shape index (κ1) is 15.7. The molecule has 17 heavy (non-hydrogen) atoms. The van der Waals surface area contributed by atoms with Crippen molar-refractivity contribution in [2.45, 2.75) is 6.42 Å². The molecule has 0 aromatic heterocycles. The van der Waals surface area contributed by atoms with E-state index >= 15 is 0 Å². The van der Waals surface area contributed by atoms with Gasteiger partial charge in [0.05, 0.1) is 20.5 Å². The van der Waals surface area contributed by atoms with Crippen LogP contribution in [-0.2, 0) is 6.42 Å². The zero-order chi connectivity index (χ0) is 12.0. The van der Waals surface area contributed by atoms with Crippen molar-refractivity contribution >= 4 is 12.4 Å². The first-order chi connectivity index (χ1) is 7.73. The van der Waals surface area contributed by atoms with Gasteiger partial charge in [-0.3, -0.25) is 0 Å². The molecule has 0 aliphatic rings. The molecule has 0 radical (unpaired) electrons. The number of benzene rings is 1. The summed E-state index contributed by atoms with van der Waals surface area (Å²) in [5, 5.41) is 0. The normalized spacial score (nSPS) is 10.7. The molecule has 5 heteroatoms. The van der Waals surface area contributed by atoms with Gasteiger partial charge in [0, 0.05) is 12.6 Å². The van der Waals surface area contributed by atoms with Crippen molar-refractivity contribution in [3.8, 4) is 11.5 Å². The summed E-state index contributed by atoms with van der Waals surface area (Å²) in [6, 6.07) is 5.44. The van der Waals surface area contributed by atoms with Crippen LogP contribution in [0.2, 0.25) is 0 Å². The Morgan fingerprint density at radius 3 is 2.12 bits per heavy atom. The average Bonchev–Trinajstić information content (AvgIpc) is 2.35. The number of hydrogen-bond acceptors (Lipinski definition) is 3. The van der Waals surface area contributed by atoms with Gasteiger partial charge in [0.15, 0.2) is 0 Å². The maximum absolute atomic E-state index is 12.4. The van der Waals surface area contributed by atoms with Gasteiger partial charge in [0.1, 0.15) is 11.5 Å². The summed E-state index contributed by atoms with van der Waals surface area (Å²) in [5.74, 6) is 1.37. The molecule has 0 saturated carbocycles. The summed E-state index contributed by atoms with van der Waals surface area (Å²) in [6.07, 6.45) is 1.01. The van der Waals surface area contributed by atoms with Crippen LogP contribution in [0, 0.1) is 0 Å². The van der Waals surface area contributed by atoms with Crippen molar-refractivity contribution in [3.05, 3.63) is 35.7 Å². The minimum absolute atomic E-state index is 0. The molecule has 2 N–H and O–H groups in total. The average molecular weight is 262 g/mol. The number of rotatable bonds is 5. The summed E-state index contributed by atoms with van der Waals surface area (Å²) in [7, 11) is 3.15. The van der Waals surface area contributed by atoms with E-state index in [1.54, 1.807) is 20.3 Å². The van der Waals surface area contributed by atoms with E-state index in [1.165, 1.54) is 0 Å². The van der Waals surface area contributed by atoms with Crippen molar-refractivity contribution in [1.29, 1.82) is 0 Å². The van der Waals surface area contributed by atoms with E-state index in [0.717, 1.165) is 5.56 Å². The van der Waals surface area contributed by atoms with Crippen LogP contribution < -0.4 is 15.2 Å². The predicted octanol–water partition coefficient (Wildman–Crippen LogP) is 2.48. The molecule has 1 rings (SSSR count). The minimum Gasteiger partial charge on any atom is -0.497 e. The second kappa shape index (κ2) is 7.92. The Hall–Kier alpha value is -1.26. The standard InChI is InChI=1S/C12H16FNO2.ClH/c1-15-11-4-9(3-10(7-13)8-14)5-12(6-11)16-2;/h4-7H,3,8,14H2,1-2H3;1H/b10-7-;. The Morgan fingerprint density at radius 2 is 1.76 bits per heavy atom. The summed E-state index contributed by atoms with van der Waals surface area (Å²) in [6.45, 7) is 0.204. The highest BCUT2D eigenvalue weighted by Gasteiger charge is 2.04. The van der Waals surface area contributed by atoms with E-state index in [-0.39, 0.29) is 19.0 Å². The molecular weight excluding hydrogens is 245 g/mol. The van der Waals surface area contributed by atoms with Crippen LogP contribution in [0.1, 0.15) is 5.56 Å². The molecule has 0 amide bonds. The molecule has 1 aromatic rings. The zero-order valence-electron chi connectivity index (χ0n) is 9.90. The zero-order valence-corrected chi connectivity index (χ0v) is 10.7. The lowest BCUT2D eigenvalue weighted by Gasteiger charge is -2.09. The van der Waals surface area contributed by atoms with Gasteiger partial charge in [-0.05, 0) is 29.7 Å². The smallest absolute Gasteiger partial charge is 0.122 e. The monoisotopic (exact) mass is 261 g/mol. The third-order valence-corrected chi connectivity index (χ3v) is 2.26. The maximum atomic E-state index is 12.4. The van der Waals surface area contributed by atoms with Crippen molar-refractivity contribution < 1.29 is 13.9 Å². The number of nitrogens with two attached hydrogens (primary N) is 1. The molecule has 3 nitrogen and oxygen atoms in total. The van der Waals surface area contributed by atoms with Crippen LogP contribution >= 0.6 is 12.4 Å². The third kappa shape index (κ3) is 4.63. The minimum atomic E-state index is 0. The lowest BCUT2D eigenvalue weighted by Crippen LogP contribution is -2.05. The summed E-state index contributed by atoms with van der Waals surface area (Å²) >= 11 is 0. The number of halogens is 2. The van der Waals surface area contributed by atoms with Crippen molar-refractivity contribution in [2.24, 2.45) is 5.73 Å². The van der Waals surface area contributed by atoms with Gasteiger partial charge in [0.25, 0.3) is 0 Å². The van der Waals surface area contributed by atoms with Crippen LogP contribution in [0.25, 0.3) is 0 Å². The van der Waals surface area contributed by atoms with Crippen molar-refractivity contribution in [3.63, 3.8) is 0 Å². The fourth-order valence-electron chi connectivity index (χ4n) is 1.39. The quantitative estimate of drug-likeness (QED) is 0.886. The third-order valence-electron chi connectivity index (χ3n) is 2.26. The Labute approximate surface area is 107 Å². The van der Waals surface area contributed by atoms with Crippen LogP contribution in [-0.4, -0.2) is 20.8 Å². The molecule has 0 spiro atoms. The Balaban J connectivity index is 0.00000256. The van der Waals surface area contributed by atoms with Gasteiger partial charge in [-0.2, -0.15) is 0 Å². The first-order valence-electron chi connectivity index (χ1n) is 4.93. The van der Waals surface area contributed by atoms with Crippen LogP contribution in [0.4, 0.5) is 4.39 Å². The van der Waals surface area contributed by atoms with E-state index in [1.807, 2.05) is 12.1 Å². The molecule has 0 unspecified atom stereocenters. The highest BCUT2D eigenvalue weighted by Crippen LogP contribution is 2.23. The fourth-order valence-corrected chi connectivity index (χ4v) is 1.39. The predicted molar refractivity (Wildman–Crippen MR) is 68.7 cm³/mol. The molecule has 0 atom stereocenters.